The number of imidazole rings is 1. The van der Waals surface area contributed by atoms with Crippen molar-refractivity contribution >= 4 is 10.8 Å². The summed E-state index contributed by atoms with van der Waals surface area (Å²) in [7, 11) is 1.97. The van der Waals surface area contributed by atoms with E-state index in [0.29, 0.717) is 18.6 Å². The van der Waals surface area contributed by atoms with Crippen LogP contribution in [-0.2, 0) is 19.9 Å². The molecule has 27 heavy (non-hydrogen) atoms. The number of fused-ring (bicyclic) bond motifs is 1. The third-order valence-corrected chi connectivity index (χ3v) is 4.68. The van der Waals surface area contributed by atoms with Crippen LogP contribution in [0.2, 0.25) is 0 Å². The maximum Gasteiger partial charge on any atom is 0.120 e. The summed E-state index contributed by atoms with van der Waals surface area (Å²) in [5.41, 5.74) is 3.07. The standard InChI is InChI=1S/C24H20N2O/c1-26-13-12-25-24(26)9-5-8-19-10-11-20-17-23(27)22(16-21(20)14-19)15-18-6-3-2-4-7-18/h2-4,6-7,10-14,16-17,27H,9,15H2,1H3. The maximum absolute atomic E-state index is 10.4. The first kappa shape index (κ1) is 16.9. The van der Waals surface area contributed by atoms with Gasteiger partial charge in [-0.25, -0.2) is 4.98 Å². The molecule has 0 saturated heterocycles. The van der Waals surface area contributed by atoms with Crippen LogP contribution in [0.3, 0.4) is 0 Å². The molecule has 132 valence electrons. The number of benzene rings is 3. The number of nitrogens with zero attached hydrogens (tertiary/aromatic N) is 2. The highest BCUT2D eigenvalue weighted by atomic mass is 16.3. The number of aryl methyl sites for hydroxylation is 1. The Labute approximate surface area is 158 Å². The second kappa shape index (κ2) is 7.39. The number of aromatic hydroxyl groups is 1. The van der Waals surface area contributed by atoms with Crippen LogP contribution < -0.4 is 0 Å². The zero-order valence-corrected chi connectivity index (χ0v) is 15.2. The van der Waals surface area contributed by atoms with Gasteiger partial charge in [0.25, 0.3) is 0 Å². The quantitative estimate of drug-likeness (QED) is 0.553. The summed E-state index contributed by atoms with van der Waals surface area (Å²) in [5.74, 6) is 7.70. The minimum absolute atomic E-state index is 0.333. The van der Waals surface area contributed by atoms with Crippen LogP contribution in [0.4, 0.5) is 0 Å². The highest BCUT2D eigenvalue weighted by molar-refractivity contribution is 5.86. The monoisotopic (exact) mass is 352 g/mol. The number of phenolic OH excluding ortho intramolecular Hbond substituents is 1. The fraction of sp³-hybridized carbons (Fsp3) is 0.125. The van der Waals surface area contributed by atoms with Gasteiger partial charge in [0.1, 0.15) is 11.6 Å². The Bertz CT molecular complexity index is 1150. The second-order valence-corrected chi connectivity index (χ2v) is 6.64. The average Bonchev–Trinajstić information content (AvgIpc) is 3.08. The van der Waals surface area contributed by atoms with Crippen LogP contribution in [0.1, 0.15) is 22.5 Å². The van der Waals surface area contributed by atoms with Crippen molar-refractivity contribution in [3.05, 3.63) is 95.6 Å². The van der Waals surface area contributed by atoms with Gasteiger partial charge in [-0.2, -0.15) is 0 Å². The van der Waals surface area contributed by atoms with Crippen molar-refractivity contribution in [2.45, 2.75) is 12.8 Å². The van der Waals surface area contributed by atoms with E-state index in [2.05, 4.69) is 41.1 Å². The number of aromatic nitrogens is 2. The van der Waals surface area contributed by atoms with Gasteiger partial charge in [0, 0.05) is 31.4 Å². The lowest BCUT2D eigenvalue weighted by molar-refractivity contribution is 0.470. The van der Waals surface area contributed by atoms with Gasteiger partial charge in [0.15, 0.2) is 0 Å². The van der Waals surface area contributed by atoms with Crippen LogP contribution in [0, 0.1) is 11.8 Å². The Kier molecular flexibility index (Phi) is 4.63. The van der Waals surface area contributed by atoms with E-state index in [1.165, 1.54) is 5.56 Å². The lowest BCUT2D eigenvalue weighted by atomic mass is 9.99. The zero-order chi connectivity index (χ0) is 18.6. The summed E-state index contributed by atoms with van der Waals surface area (Å²) in [6.45, 7) is 0. The predicted octanol–water partition coefficient (Wildman–Crippen LogP) is 4.46. The lowest BCUT2D eigenvalue weighted by Crippen LogP contribution is -1.94. The van der Waals surface area contributed by atoms with Crippen LogP contribution in [-0.4, -0.2) is 14.7 Å². The highest BCUT2D eigenvalue weighted by Crippen LogP contribution is 2.27. The molecule has 0 saturated carbocycles. The molecule has 0 bridgehead atoms. The number of hydrogen-bond acceptors (Lipinski definition) is 2. The molecule has 4 aromatic rings. The first-order chi connectivity index (χ1) is 13.2. The minimum atomic E-state index is 0.333. The summed E-state index contributed by atoms with van der Waals surface area (Å²) < 4.78 is 1.98. The molecule has 0 unspecified atom stereocenters. The van der Waals surface area contributed by atoms with Gasteiger partial charge in [-0.05, 0) is 46.2 Å². The van der Waals surface area contributed by atoms with Crippen molar-refractivity contribution in [3.8, 4) is 17.6 Å². The van der Waals surface area contributed by atoms with Crippen LogP contribution >= 0.6 is 0 Å². The molecular formula is C24H20N2O. The topological polar surface area (TPSA) is 38.0 Å². The fourth-order valence-corrected chi connectivity index (χ4v) is 3.16. The van der Waals surface area contributed by atoms with E-state index >= 15 is 0 Å². The van der Waals surface area contributed by atoms with E-state index in [0.717, 1.165) is 27.7 Å². The zero-order valence-electron chi connectivity index (χ0n) is 15.2. The number of rotatable bonds is 3. The van der Waals surface area contributed by atoms with Crippen LogP contribution in [0.15, 0.2) is 73.1 Å². The molecule has 0 aliphatic carbocycles. The molecule has 4 rings (SSSR count). The van der Waals surface area contributed by atoms with Gasteiger partial charge in [0.2, 0.25) is 0 Å². The van der Waals surface area contributed by atoms with Crippen molar-refractivity contribution in [3.63, 3.8) is 0 Å². The Morgan fingerprint density at radius 3 is 2.63 bits per heavy atom. The maximum atomic E-state index is 10.4. The van der Waals surface area contributed by atoms with E-state index in [9.17, 15) is 5.11 Å². The second-order valence-electron chi connectivity index (χ2n) is 6.64. The lowest BCUT2D eigenvalue weighted by Gasteiger charge is -2.08. The molecule has 0 atom stereocenters. The average molecular weight is 352 g/mol. The third kappa shape index (κ3) is 3.86. The van der Waals surface area contributed by atoms with Gasteiger partial charge in [-0.15, -0.1) is 0 Å². The normalized spacial score (nSPS) is 10.6. The highest BCUT2D eigenvalue weighted by Gasteiger charge is 2.06. The Hall–Kier alpha value is -3.51. The van der Waals surface area contributed by atoms with E-state index in [-0.39, 0.29) is 0 Å². The van der Waals surface area contributed by atoms with Crippen LogP contribution in [0.25, 0.3) is 10.8 Å². The van der Waals surface area contributed by atoms with Gasteiger partial charge >= 0.3 is 0 Å². The fourth-order valence-electron chi connectivity index (χ4n) is 3.16. The SMILES string of the molecule is Cn1ccnc1CC#Cc1ccc2cc(O)c(Cc3ccccc3)cc2c1. The first-order valence-corrected chi connectivity index (χ1v) is 8.94. The summed E-state index contributed by atoms with van der Waals surface area (Å²) in [6, 6.07) is 20.1. The Balaban J connectivity index is 1.61. The van der Waals surface area contributed by atoms with Crippen LogP contribution in [0.5, 0.6) is 5.75 Å². The first-order valence-electron chi connectivity index (χ1n) is 8.94. The Morgan fingerprint density at radius 1 is 1.00 bits per heavy atom. The predicted molar refractivity (Wildman–Crippen MR) is 109 cm³/mol. The molecule has 1 aromatic heterocycles. The smallest absolute Gasteiger partial charge is 0.120 e. The summed E-state index contributed by atoms with van der Waals surface area (Å²) in [6.07, 6.45) is 5.04. The van der Waals surface area contributed by atoms with Crippen molar-refractivity contribution in [2.24, 2.45) is 7.05 Å². The molecule has 3 nitrogen and oxygen atoms in total. The summed E-state index contributed by atoms with van der Waals surface area (Å²) in [4.78, 5) is 4.29. The van der Waals surface area contributed by atoms with Crippen molar-refractivity contribution < 1.29 is 5.11 Å². The third-order valence-electron chi connectivity index (χ3n) is 4.68. The van der Waals surface area contributed by atoms with E-state index in [4.69, 9.17) is 0 Å². The van der Waals surface area contributed by atoms with E-state index in [1.54, 1.807) is 6.20 Å². The summed E-state index contributed by atoms with van der Waals surface area (Å²) >= 11 is 0. The van der Waals surface area contributed by atoms with Gasteiger partial charge in [-0.1, -0.05) is 48.2 Å². The minimum Gasteiger partial charge on any atom is -0.508 e. The Morgan fingerprint density at radius 2 is 1.85 bits per heavy atom. The number of phenols is 1. The molecular weight excluding hydrogens is 332 g/mol. The van der Waals surface area contributed by atoms with Gasteiger partial charge in [-0.3, -0.25) is 0 Å². The van der Waals surface area contributed by atoms with Gasteiger partial charge in [0.05, 0.1) is 6.42 Å². The molecule has 0 amide bonds. The van der Waals surface area contributed by atoms with Crippen molar-refractivity contribution in [1.29, 1.82) is 0 Å². The summed E-state index contributed by atoms with van der Waals surface area (Å²) in [5, 5.41) is 12.5. The largest absolute Gasteiger partial charge is 0.508 e. The van der Waals surface area contributed by atoms with Crippen molar-refractivity contribution in [1.82, 2.24) is 9.55 Å². The molecule has 0 aliphatic rings. The molecule has 3 heteroatoms. The molecule has 0 radical (unpaired) electrons. The molecule has 1 heterocycles. The van der Waals surface area contributed by atoms with Crippen molar-refractivity contribution in [2.75, 3.05) is 0 Å². The van der Waals surface area contributed by atoms with E-state index < -0.39 is 0 Å². The van der Waals surface area contributed by atoms with Gasteiger partial charge < -0.3 is 9.67 Å². The molecule has 0 aliphatic heterocycles. The molecule has 0 spiro atoms. The number of hydrogen-bond donors (Lipinski definition) is 1. The molecule has 0 fully saturated rings. The molecule has 3 aromatic carbocycles. The van der Waals surface area contributed by atoms with E-state index in [1.807, 2.05) is 54.2 Å². The molecule has 1 N–H and O–H groups in total.